The van der Waals surface area contributed by atoms with Gasteiger partial charge in [0, 0.05) is 11.1 Å². The number of hydrogen-bond donors (Lipinski definition) is 0. The minimum Gasteiger partial charge on any atom is -0.457 e. The number of furan rings is 1. The summed E-state index contributed by atoms with van der Waals surface area (Å²) < 4.78 is 38.2. The molecule has 122 valence electrons. The Labute approximate surface area is 130 Å². The molecule has 0 saturated heterocycles. The van der Waals surface area contributed by atoms with E-state index in [9.17, 15) is 18.4 Å². The van der Waals surface area contributed by atoms with Gasteiger partial charge in [-0.2, -0.15) is 8.78 Å². The van der Waals surface area contributed by atoms with Crippen LogP contribution in [0.4, 0.5) is 8.78 Å². The first-order valence-corrected chi connectivity index (χ1v) is 6.68. The number of Topliss-reactive ketones (excluding diaryl/α,β-unsaturated/α-hetero) is 1. The van der Waals surface area contributed by atoms with Gasteiger partial charge in [-0.15, -0.1) is 0 Å². The molecular formula is C16H14F2O5. The lowest BCUT2D eigenvalue weighted by atomic mass is 10.1. The van der Waals surface area contributed by atoms with Crippen molar-refractivity contribution >= 4 is 11.8 Å². The average molecular weight is 324 g/mol. The van der Waals surface area contributed by atoms with Crippen LogP contribution in [0.5, 0.6) is 5.75 Å². The van der Waals surface area contributed by atoms with Gasteiger partial charge < -0.3 is 13.9 Å². The third-order valence-electron chi connectivity index (χ3n) is 3.21. The van der Waals surface area contributed by atoms with Crippen molar-refractivity contribution in [3.8, 4) is 5.75 Å². The molecule has 0 aliphatic carbocycles. The van der Waals surface area contributed by atoms with Crippen LogP contribution in [0.2, 0.25) is 0 Å². The Hall–Kier alpha value is -2.70. The molecule has 1 aromatic carbocycles. The highest BCUT2D eigenvalue weighted by molar-refractivity contribution is 5.99. The molecule has 0 aliphatic heterocycles. The molecule has 2 aromatic rings. The third kappa shape index (κ3) is 4.15. The predicted molar refractivity (Wildman–Crippen MR) is 75.9 cm³/mol. The average Bonchev–Trinajstić information content (AvgIpc) is 2.84. The van der Waals surface area contributed by atoms with E-state index in [-0.39, 0.29) is 17.1 Å². The monoisotopic (exact) mass is 324 g/mol. The van der Waals surface area contributed by atoms with Gasteiger partial charge in [0.15, 0.2) is 12.4 Å². The maximum atomic E-state index is 12.0. The SMILES string of the molecule is Cc1coc(C(=O)OCC(=O)c2ccc(OC(F)F)cc2)c1C. The second-order valence-electron chi connectivity index (χ2n) is 4.78. The number of carbonyl (C=O) groups excluding carboxylic acids is 2. The fourth-order valence-corrected chi connectivity index (χ4v) is 1.81. The highest BCUT2D eigenvalue weighted by atomic mass is 19.3. The summed E-state index contributed by atoms with van der Waals surface area (Å²) in [5.74, 6) is -1.21. The van der Waals surface area contributed by atoms with Gasteiger partial charge in [0.05, 0.1) is 6.26 Å². The summed E-state index contributed by atoms with van der Waals surface area (Å²) in [6, 6.07) is 5.11. The van der Waals surface area contributed by atoms with E-state index in [2.05, 4.69) is 4.74 Å². The first-order valence-electron chi connectivity index (χ1n) is 6.68. The van der Waals surface area contributed by atoms with Crippen LogP contribution in [0.3, 0.4) is 0 Å². The molecule has 0 radical (unpaired) electrons. The van der Waals surface area contributed by atoms with Crippen molar-refractivity contribution in [2.75, 3.05) is 6.61 Å². The molecule has 1 aromatic heterocycles. The first-order chi connectivity index (χ1) is 10.9. The predicted octanol–water partition coefficient (Wildman–Crippen LogP) is 3.54. The van der Waals surface area contributed by atoms with E-state index in [0.29, 0.717) is 5.56 Å². The molecule has 0 bridgehead atoms. The normalized spacial score (nSPS) is 10.7. The van der Waals surface area contributed by atoms with Crippen molar-refractivity contribution in [2.24, 2.45) is 0 Å². The number of ether oxygens (including phenoxy) is 2. The van der Waals surface area contributed by atoms with Crippen LogP contribution in [0.15, 0.2) is 34.9 Å². The Kier molecular flexibility index (Phi) is 5.10. The maximum Gasteiger partial charge on any atom is 0.387 e. The Morgan fingerprint density at radius 2 is 1.83 bits per heavy atom. The minimum absolute atomic E-state index is 0.0518. The van der Waals surface area contributed by atoms with Crippen molar-refractivity contribution in [3.05, 3.63) is 53.0 Å². The molecule has 0 saturated carbocycles. The molecule has 2 rings (SSSR count). The van der Waals surface area contributed by atoms with Crippen LogP contribution in [-0.4, -0.2) is 25.0 Å². The summed E-state index contributed by atoms with van der Waals surface area (Å²) in [4.78, 5) is 23.7. The van der Waals surface area contributed by atoms with Gasteiger partial charge in [0.25, 0.3) is 0 Å². The third-order valence-corrected chi connectivity index (χ3v) is 3.21. The molecule has 1 heterocycles. The largest absolute Gasteiger partial charge is 0.457 e. The highest BCUT2D eigenvalue weighted by Crippen LogP contribution is 2.17. The number of benzene rings is 1. The number of esters is 1. The number of alkyl halides is 2. The van der Waals surface area contributed by atoms with Crippen molar-refractivity contribution in [2.45, 2.75) is 20.5 Å². The van der Waals surface area contributed by atoms with Crippen molar-refractivity contribution in [1.29, 1.82) is 0 Å². The number of halogens is 2. The molecule has 0 spiro atoms. The standard InChI is InChI=1S/C16H14F2O5/c1-9-7-21-14(10(9)2)15(20)22-8-13(19)11-3-5-12(6-4-11)23-16(17)18/h3-7,16H,8H2,1-2H3. The molecule has 0 fully saturated rings. The van der Waals surface area contributed by atoms with E-state index in [4.69, 9.17) is 9.15 Å². The zero-order valence-electron chi connectivity index (χ0n) is 12.5. The zero-order valence-corrected chi connectivity index (χ0v) is 12.5. The van der Waals surface area contributed by atoms with Gasteiger partial charge in [-0.25, -0.2) is 4.79 Å². The van der Waals surface area contributed by atoms with E-state index in [1.807, 2.05) is 0 Å². The van der Waals surface area contributed by atoms with Gasteiger partial charge >= 0.3 is 12.6 Å². The van der Waals surface area contributed by atoms with Crippen LogP contribution >= 0.6 is 0 Å². The van der Waals surface area contributed by atoms with Crippen LogP contribution in [0.1, 0.15) is 32.0 Å². The smallest absolute Gasteiger partial charge is 0.387 e. The van der Waals surface area contributed by atoms with Crippen LogP contribution in [-0.2, 0) is 4.74 Å². The molecule has 0 unspecified atom stereocenters. The Morgan fingerprint density at radius 3 is 2.35 bits per heavy atom. The number of rotatable bonds is 6. The molecule has 5 nitrogen and oxygen atoms in total. The molecule has 23 heavy (non-hydrogen) atoms. The summed E-state index contributed by atoms with van der Waals surface area (Å²) in [5, 5.41) is 0. The summed E-state index contributed by atoms with van der Waals surface area (Å²) in [6.07, 6.45) is 1.43. The number of aryl methyl sites for hydroxylation is 1. The van der Waals surface area contributed by atoms with Crippen LogP contribution < -0.4 is 4.74 Å². The van der Waals surface area contributed by atoms with E-state index in [1.54, 1.807) is 13.8 Å². The molecule has 0 amide bonds. The first kappa shape index (κ1) is 16.7. The van der Waals surface area contributed by atoms with E-state index in [1.165, 1.54) is 30.5 Å². The summed E-state index contributed by atoms with van der Waals surface area (Å²) in [7, 11) is 0. The second kappa shape index (κ2) is 7.04. The summed E-state index contributed by atoms with van der Waals surface area (Å²) in [6.45, 7) is 0.0769. The van der Waals surface area contributed by atoms with Gasteiger partial charge in [0.1, 0.15) is 5.75 Å². The highest BCUT2D eigenvalue weighted by Gasteiger charge is 2.18. The lowest BCUT2D eigenvalue weighted by molar-refractivity contribution is -0.0498. The van der Waals surface area contributed by atoms with Crippen molar-refractivity contribution in [3.63, 3.8) is 0 Å². The summed E-state index contributed by atoms with van der Waals surface area (Å²) in [5.41, 5.74) is 1.67. The van der Waals surface area contributed by atoms with E-state index < -0.39 is 25.0 Å². The fraction of sp³-hybridized carbons (Fsp3) is 0.250. The minimum atomic E-state index is -2.93. The quantitative estimate of drug-likeness (QED) is 0.600. The Balaban J connectivity index is 1.94. The van der Waals surface area contributed by atoms with E-state index >= 15 is 0 Å². The van der Waals surface area contributed by atoms with Gasteiger partial charge in [-0.1, -0.05) is 0 Å². The topological polar surface area (TPSA) is 65.7 Å². The lowest BCUT2D eigenvalue weighted by Crippen LogP contribution is -2.14. The zero-order chi connectivity index (χ0) is 17.0. The van der Waals surface area contributed by atoms with Gasteiger partial charge in [-0.3, -0.25) is 4.79 Å². The Bertz CT molecular complexity index is 704. The number of carbonyl (C=O) groups is 2. The van der Waals surface area contributed by atoms with Crippen LogP contribution in [0.25, 0.3) is 0 Å². The molecule has 0 aliphatic rings. The van der Waals surface area contributed by atoms with Gasteiger partial charge in [0.2, 0.25) is 5.76 Å². The summed E-state index contributed by atoms with van der Waals surface area (Å²) >= 11 is 0. The second-order valence-corrected chi connectivity index (χ2v) is 4.78. The van der Waals surface area contributed by atoms with Gasteiger partial charge in [-0.05, 0) is 43.7 Å². The van der Waals surface area contributed by atoms with Crippen molar-refractivity contribution in [1.82, 2.24) is 0 Å². The van der Waals surface area contributed by atoms with Crippen LogP contribution in [0, 0.1) is 13.8 Å². The Morgan fingerprint density at radius 1 is 1.17 bits per heavy atom. The lowest BCUT2D eigenvalue weighted by Gasteiger charge is -2.06. The maximum absolute atomic E-state index is 12.0. The number of ketones is 1. The van der Waals surface area contributed by atoms with E-state index in [0.717, 1.165) is 5.56 Å². The molecule has 0 atom stereocenters. The molecule has 7 heteroatoms. The fourth-order valence-electron chi connectivity index (χ4n) is 1.81. The van der Waals surface area contributed by atoms with Crippen molar-refractivity contribution < 1.29 is 32.3 Å². The molecular weight excluding hydrogens is 310 g/mol. The number of hydrogen-bond acceptors (Lipinski definition) is 5. The molecule has 0 N–H and O–H groups in total.